The number of hydrogen-bond donors (Lipinski definition) is 1. The molecule has 0 spiro atoms. The number of hydrogen-bond acceptors (Lipinski definition) is 3. The van der Waals surface area contributed by atoms with Gasteiger partial charge in [-0.25, -0.2) is 14.4 Å². The van der Waals surface area contributed by atoms with E-state index in [9.17, 15) is 9.18 Å². The van der Waals surface area contributed by atoms with Gasteiger partial charge in [0.15, 0.2) is 11.2 Å². The van der Waals surface area contributed by atoms with Gasteiger partial charge in [-0.3, -0.25) is 4.79 Å². The maximum absolute atomic E-state index is 13.7. The molecule has 2 aromatic heterocycles. The standard InChI is InChI=1S/C12H9FN4O/c1-17-10(7-4-2-3-5-8(7)13)16-9-11(17)14-6-15-12(9)18/h2-6H,1H3,(H,14,15,18). The average Bonchev–Trinajstić information content (AvgIpc) is 2.70. The van der Waals surface area contributed by atoms with Crippen LogP contribution in [-0.4, -0.2) is 19.5 Å². The van der Waals surface area contributed by atoms with Crippen LogP contribution < -0.4 is 5.56 Å². The van der Waals surface area contributed by atoms with Crippen LogP contribution in [0.5, 0.6) is 0 Å². The fourth-order valence-electron chi connectivity index (χ4n) is 1.89. The highest BCUT2D eigenvalue weighted by molar-refractivity contribution is 5.76. The van der Waals surface area contributed by atoms with Gasteiger partial charge in [0, 0.05) is 7.05 Å². The summed E-state index contributed by atoms with van der Waals surface area (Å²) in [7, 11) is 1.70. The number of halogens is 1. The van der Waals surface area contributed by atoms with Crippen molar-refractivity contribution in [1.29, 1.82) is 0 Å². The third-order valence-corrected chi connectivity index (χ3v) is 2.78. The van der Waals surface area contributed by atoms with Gasteiger partial charge in [0.05, 0.1) is 11.9 Å². The molecule has 2 heterocycles. The minimum absolute atomic E-state index is 0.207. The van der Waals surface area contributed by atoms with Crippen molar-refractivity contribution in [2.24, 2.45) is 7.05 Å². The Kier molecular flexibility index (Phi) is 2.22. The predicted molar refractivity (Wildman–Crippen MR) is 64.5 cm³/mol. The highest BCUT2D eigenvalue weighted by Gasteiger charge is 2.15. The summed E-state index contributed by atoms with van der Waals surface area (Å²) >= 11 is 0. The molecule has 0 aliphatic heterocycles. The summed E-state index contributed by atoms with van der Waals surface area (Å²) in [6, 6.07) is 6.29. The summed E-state index contributed by atoms with van der Waals surface area (Å²) < 4.78 is 15.3. The SMILES string of the molecule is Cn1c(-c2ccccc2F)nc2c(=O)[nH]cnc21. The van der Waals surface area contributed by atoms with E-state index in [1.165, 1.54) is 12.4 Å². The number of aromatic amines is 1. The number of H-pyrrole nitrogens is 1. The number of aryl methyl sites for hydroxylation is 1. The summed E-state index contributed by atoms with van der Waals surface area (Å²) in [6.45, 7) is 0. The van der Waals surface area contributed by atoms with E-state index < -0.39 is 0 Å². The number of imidazole rings is 1. The molecule has 0 bridgehead atoms. The Balaban J connectivity index is 2.38. The van der Waals surface area contributed by atoms with E-state index >= 15 is 0 Å². The van der Waals surface area contributed by atoms with Crippen LogP contribution in [0.2, 0.25) is 0 Å². The summed E-state index contributed by atoms with van der Waals surface area (Å²) in [6.07, 6.45) is 1.30. The molecule has 0 radical (unpaired) electrons. The minimum Gasteiger partial charge on any atom is -0.312 e. The van der Waals surface area contributed by atoms with Gasteiger partial charge in [-0.15, -0.1) is 0 Å². The molecule has 3 rings (SSSR count). The van der Waals surface area contributed by atoms with Gasteiger partial charge < -0.3 is 9.55 Å². The van der Waals surface area contributed by atoms with Gasteiger partial charge in [-0.1, -0.05) is 12.1 Å². The molecule has 6 heteroatoms. The van der Waals surface area contributed by atoms with Crippen molar-refractivity contribution in [3.05, 3.63) is 46.8 Å². The molecule has 0 aliphatic rings. The summed E-state index contributed by atoms with van der Waals surface area (Å²) in [5, 5.41) is 0. The molecule has 0 amide bonds. The number of benzene rings is 1. The zero-order valence-electron chi connectivity index (χ0n) is 9.51. The van der Waals surface area contributed by atoms with E-state index in [0.29, 0.717) is 17.0 Å². The highest BCUT2D eigenvalue weighted by Crippen LogP contribution is 2.23. The first kappa shape index (κ1) is 10.6. The number of rotatable bonds is 1. The lowest BCUT2D eigenvalue weighted by Crippen LogP contribution is -2.06. The molecule has 0 fully saturated rings. The van der Waals surface area contributed by atoms with E-state index in [0.717, 1.165) is 0 Å². The Bertz CT molecular complexity index is 790. The van der Waals surface area contributed by atoms with Gasteiger partial charge in [0.1, 0.15) is 11.6 Å². The molecule has 5 nitrogen and oxygen atoms in total. The molecule has 0 saturated carbocycles. The van der Waals surface area contributed by atoms with Crippen LogP contribution in [0.3, 0.4) is 0 Å². The van der Waals surface area contributed by atoms with E-state index in [2.05, 4.69) is 15.0 Å². The van der Waals surface area contributed by atoms with Gasteiger partial charge in [0.2, 0.25) is 0 Å². The molecule has 3 aromatic rings. The topological polar surface area (TPSA) is 63.6 Å². The summed E-state index contributed by atoms with van der Waals surface area (Å²) in [5.41, 5.74) is 0.644. The molecule has 0 unspecified atom stereocenters. The minimum atomic E-state index is -0.382. The monoisotopic (exact) mass is 244 g/mol. The second-order valence-corrected chi connectivity index (χ2v) is 3.88. The second kappa shape index (κ2) is 3.76. The van der Waals surface area contributed by atoms with Crippen LogP contribution >= 0.6 is 0 Å². The average molecular weight is 244 g/mol. The van der Waals surface area contributed by atoms with E-state index in [4.69, 9.17) is 0 Å². The second-order valence-electron chi connectivity index (χ2n) is 3.88. The van der Waals surface area contributed by atoms with Crippen molar-refractivity contribution in [2.75, 3.05) is 0 Å². The van der Waals surface area contributed by atoms with Crippen molar-refractivity contribution in [2.45, 2.75) is 0 Å². The summed E-state index contributed by atoms with van der Waals surface area (Å²) in [5.74, 6) is -0.000338. The number of nitrogens with zero attached hydrogens (tertiary/aromatic N) is 3. The van der Waals surface area contributed by atoms with Crippen LogP contribution in [0.4, 0.5) is 4.39 Å². The maximum Gasteiger partial charge on any atom is 0.278 e. The smallest absolute Gasteiger partial charge is 0.278 e. The quantitative estimate of drug-likeness (QED) is 0.704. The zero-order valence-corrected chi connectivity index (χ0v) is 9.51. The predicted octanol–water partition coefficient (Wildman–Crippen LogP) is 1.46. The summed E-state index contributed by atoms with van der Waals surface area (Å²) in [4.78, 5) is 22.2. The van der Waals surface area contributed by atoms with Crippen LogP contribution in [-0.2, 0) is 7.05 Å². The molecule has 90 valence electrons. The lowest BCUT2D eigenvalue weighted by molar-refractivity contribution is 0.629. The van der Waals surface area contributed by atoms with Crippen LogP contribution in [0.25, 0.3) is 22.6 Å². The Hall–Kier alpha value is -2.50. The van der Waals surface area contributed by atoms with E-state index in [-0.39, 0.29) is 16.9 Å². The molecule has 1 aromatic carbocycles. The Morgan fingerprint density at radius 2 is 2.11 bits per heavy atom. The van der Waals surface area contributed by atoms with Crippen molar-refractivity contribution < 1.29 is 4.39 Å². The molecule has 1 N–H and O–H groups in total. The first-order chi connectivity index (χ1) is 8.68. The maximum atomic E-state index is 13.7. The van der Waals surface area contributed by atoms with Gasteiger partial charge >= 0.3 is 0 Å². The highest BCUT2D eigenvalue weighted by atomic mass is 19.1. The lowest BCUT2D eigenvalue weighted by atomic mass is 10.2. The first-order valence-corrected chi connectivity index (χ1v) is 5.33. The Morgan fingerprint density at radius 1 is 1.33 bits per heavy atom. The van der Waals surface area contributed by atoms with E-state index in [1.54, 1.807) is 29.8 Å². The molecular weight excluding hydrogens is 235 g/mol. The van der Waals surface area contributed by atoms with Crippen LogP contribution in [0.15, 0.2) is 35.4 Å². The number of fused-ring (bicyclic) bond motifs is 1. The third-order valence-electron chi connectivity index (χ3n) is 2.78. The normalized spacial score (nSPS) is 11.0. The van der Waals surface area contributed by atoms with Crippen LogP contribution in [0, 0.1) is 5.82 Å². The third kappa shape index (κ3) is 1.42. The first-order valence-electron chi connectivity index (χ1n) is 5.33. The lowest BCUT2D eigenvalue weighted by Gasteiger charge is -2.02. The molecule has 0 aliphatic carbocycles. The van der Waals surface area contributed by atoms with Gasteiger partial charge in [0.25, 0.3) is 5.56 Å². The Labute approximate surface area is 101 Å². The molecular formula is C12H9FN4O. The van der Waals surface area contributed by atoms with Crippen molar-refractivity contribution >= 4 is 11.2 Å². The van der Waals surface area contributed by atoms with Gasteiger partial charge in [-0.05, 0) is 12.1 Å². The zero-order chi connectivity index (χ0) is 12.7. The van der Waals surface area contributed by atoms with Crippen LogP contribution in [0.1, 0.15) is 0 Å². The molecule has 0 atom stereocenters. The molecule has 0 saturated heterocycles. The fourth-order valence-corrected chi connectivity index (χ4v) is 1.89. The fraction of sp³-hybridized carbons (Fsp3) is 0.0833. The largest absolute Gasteiger partial charge is 0.312 e. The van der Waals surface area contributed by atoms with E-state index in [1.807, 2.05) is 0 Å². The number of aromatic nitrogens is 4. The van der Waals surface area contributed by atoms with Crippen molar-refractivity contribution in [3.8, 4) is 11.4 Å². The van der Waals surface area contributed by atoms with Crippen molar-refractivity contribution in [1.82, 2.24) is 19.5 Å². The number of nitrogens with one attached hydrogen (secondary N) is 1. The van der Waals surface area contributed by atoms with Gasteiger partial charge in [-0.2, -0.15) is 0 Å². The van der Waals surface area contributed by atoms with Crippen molar-refractivity contribution in [3.63, 3.8) is 0 Å². The Morgan fingerprint density at radius 3 is 2.83 bits per heavy atom. The molecule has 18 heavy (non-hydrogen) atoms.